The molecule has 3 aromatic heterocycles. The molecule has 0 spiro atoms. The number of nitrogens with two attached hydrogens (primary N) is 2. The number of nitrogen functional groups attached to an aromatic ring is 2. The summed E-state index contributed by atoms with van der Waals surface area (Å²) in [7, 11) is 0. The van der Waals surface area contributed by atoms with Gasteiger partial charge >= 0.3 is 0 Å². The summed E-state index contributed by atoms with van der Waals surface area (Å²) in [5.74, 6) is 1.95. The Morgan fingerprint density at radius 3 is 2.63 bits per heavy atom. The van der Waals surface area contributed by atoms with E-state index in [0.29, 0.717) is 46.3 Å². The number of hydrogen-bond acceptors (Lipinski definition) is 7. The predicted octanol–water partition coefficient (Wildman–Crippen LogP) is 4.49. The van der Waals surface area contributed by atoms with E-state index >= 15 is 0 Å². The van der Waals surface area contributed by atoms with E-state index in [1.165, 1.54) is 0 Å². The van der Waals surface area contributed by atoms with Crippen molar-refractivity contribution >= 4 is 33.5 Å². The molecule has 0 amide bonds. The van der Waals surface area contributed by atoms with Crippen molar-refractivity contribution in [3.63, 3.8) is 0 Å². The fourth-order valence-electron chi connectivity index (χ4n) is 3.49. The number of fused-ring (bicyclic) bond motifs is 2. The molecule has 0 fully saturated rings. The Morgan fingerprint density at radius 2 is 1.80 bits per heavy atom. The van der Waals surface area contributed by atoms with Crippen LogP contribution in [-0.2, 0) is 6.61 Å². The minimum Gasteiger partial charge on any atom is -0.489 e. The van der Waals surface area contributed by atoms with Gasteiger partial charge in [-0.15, -0.1) is 0 Å². The number of pyridine rings is 2. The van der Waals surface area contributed by atoms with E-state index in [1.807, 2.05) is 55.5 Å². The number of aromatic nitrogens is 3. The maximum absolute atomic E-state index is 6.07. The summed E-state index contributed by atoms with van der Waals surface area (Å²) in [5, 5.41) is 1.51. The average Bonchev–Trinajstić information content (AvgIpc) is 3.15. The zero-order chi connectivity index (χ0) is 20.7. The van der Waals surface area contributed by atoms with Crippen LogP contribution in [0.4, 0.5) is 11.6 Å². The van der Waals surface area contributed by atoms with Gasteiger partial charge in [-0.25, -0.2) is 15.0 Å². The Morgan fingerprint density at radius 1 is 0.967 bits per heavy atom. The molecule has 148 valence electrons. The molecule has 30 heavy (non-hydrogen) atoms. The summed E-state index contributed by atoms with van der Waals surface area (Å²) in [6.07, 6.45) is 1.62. The first-order valence-corrected chi connectivity index (χ1v) is 9.47. The fourth-order valence-corrected chi connectivity index (χ4v) is 3.49. The van der Waals surface area contributed by atoms with Crippen LogP contribution in [0.5, 0.6) is 5.75 Å². The summed E-state index contributed by atoms with van der Waals surface area (Å²) >= 11 is 0. The third-order valence-corrected chi connectivity index (χ3v) is 4.94. The molecule has 0 saturated carbocycles. The lowest BCUT2D eigenvalue weighted by Crippen LogP contribution is -2.00. The third-order valence-electron chi connectivity index (χ3n) is 4.94. The van der Waals surface area contributed by atoms with E-state index in [9.17, 15) is 0 Å². The van der Waals surface area contributed by atoms with Crippen LogP contribution in [0.25, 0.3) is 33.3 Å². The van der Waals surface area contributed by atoms with Crippen molar-refractivity contribution < 1.29 is 9.15 Å². The molecule has 5 rings (SSSR count). The van der Waals surface area contributed by atoms with Crippen LogP contribution in [0.1, 0.15) is 11.3 Å². The highest BCUT2D eigenvalue weighted by atomic mass is 16.5. The first-order chi connectivity index (χ1) is 14.6. The van der Waals surface area contributed by atoms with Crippen LogP contribution in [0.3, 0.4) is 0 Å². The van der Waals surface area contributed by atoms with Crippen molar-refractivity contribution in [1.29, 1.82) is 0 Å². The Hall–Kier alpha value is -4.13. The normalized spacial score (nSPS) is 11.2. The predicted molar refractivity (Wildman–Crippen MR) is 117 cm³/mol. The molecule has 0 atom stereocenters. The van der Waals surface area contributed by atoms with E-state index in [1.54, 1.807) is 12.3 Å². The average molecular weight is 397 g/mol. The fraction of sp³-hybridized carbons (Fsp3) is 0.0870. The van der Waals surface area contributed by atoms with Crippen LogP contribution < -0.4 is 16.2 Å². The second kappa shape index (κ2) is 7.04. The van der Waals surface area contributed by atoms with Gasteiger partial charge < -0.3 is 20.6 Å². The monoisotopic (exact) mass is 397 g/mol. The number of hydrogen-bond donors (Lipinski definition) is 2. The van der Waals surface area contributed by atoms with Gasteiger partial charge in [-0.05, 0) is 30.7 Å². The van der Waals surface area contributed by atoms with Crippen molar-refractivity contribution in [1.82, 2.24) is 15.0 Å². The lowest BCUT2D eigenvalue weighted by molar-refractivity contribution is 0.306. The zero-order valence-electron chi connectivity index (χ0n) is 16.3. The topological polar surface area (TPSA) is 113 Å². The van der Waals surface area contributed by atoms with Crippen LogP contribution in [0, 0.1) is 6.92 Å². The van der Waals surface area contributed by atoms with E-state index in [2.05, 4.69) is 15.0 Å². The summed E-state index contributed by atoms with van der Waals surface area (Å²) in [6, 6.07) is 17.3. The van der Waals surface area contributed by atoms with Crippen molar-refractivity contribution in [3.8, 4) is 17.2 Å². The number of aryl methyl sites for hydroxylation is 1. The second-order valence-electron chi connectivity index (χ2n) is 7.04. The first-order valence-electron chi connectivity index (χ1n) is 9.47. The molecule has 2 aromatic carbocycles. The van der Waals surface area contributed by atoms with Crippen molar-refractivity contribution in [3.05, 3.63) is 72.1 Å². The minimum absolute atomic E-state index is 0.390. The van der Waals surface area contributed by atoms with E-state index in [-0.39, 0.29) is 0 Å². The SMILES string of the molecule is Cc1nc(N)c2cnc(N)cc2c1-c1nc2cc(OCc3ccccc3)ccc2o1. The molecule has 7 heteroatoms. The highest BCUT2D eigenvalue weighted by Gasteiger charge is 2.18. The van der Waals surface area contributed by atoms with E-state index in [4.69, 9.17) is 20.6 Å². The lowest BCUT2D eigenvalue weighted by Gasteiger charge is -2.09. The maximum Gasteiger partial charge on any atom is 0.229 e. The van der Waals surface area contributed by atoms with E-state index in [0.717, 1.165) is 22.3 Å². The largest absolute Gasteiger partial charge is 0.489 e. The van der Waals surface area contributed by atoms with Crippen molar-refractivity contribution in [2.45, 2.75) is 13.5 Å². The van der Waals surface area contributed by atoms with Gasteiger partial charge in [-0.3, -0.25) is 0 Å². The molecule has 0 aliphatic heterocycles. The highest BCUT2D eigenvalue weighted by molar-refractivity contribution is 6.02. The van der Waals surface area contributed by atoms with Gasteiger partial charge in [0.1, 0.15) is 29.5 Å². The van der Waals surface area contributed by atoms with Gasteiger partial charge in [0.25, 0.3) is 0 Å². The van der Waals surface area contributed by atoms with Crippen molar-refractivity contribution in [2.24, 2.45) is 0 Å². The Balaban J connectivity index is 1.55. The van der Waals surface area contributed by atoms with Gasteiger partial charge in [-0.2, -0.15) is 0 Å². The minimum atomic E-state index is 0.390. The number of benzene rings is 2. The van der Waals surface area contributed by atoms with Gasteiger partial charge in [0.05, 0.1) is 11.3 Å². The molecule has 0 bridgehead atoms. The third kappa shape index (κ3) is 3.16. The molecular weight excluding hydrogens is 378 g/mol. The lowest BCUT2D eigenvalue weighted by atomic mass is 10.1. The Bertz CT molecular complexity index is 1380. The molecule has 0 aliphatic rings. The van der Waals surface area contributed by atoms with E-state index < -0.39 is 0 Å². The van der Waals surface area contributed by atoms with Gasteiger partial charge in [0.15, 0.2) is 5.58 Å². The molecule has 0 radical (unpaired) electrons. The van der Waals surface area contributed by atoms with Gasteiger partial charge in [-0.1, -0.05) is 30.3 Å². The van der Waals surface area contributed by atoms with Gasteiger partial charge in [0, 0.05) is 23.0 Å². The summed E-state index contributed by atoms with van der Waals surface area (Å²) in [4.78, 5) is 13.2. The summed E-state index contributed by atoms with van der Waals surface area (Å²) in [5.41, 5.74) is 15.9. The molecule has 5 aromatic rings. The van der Waals surface area contributed by atoms with Crippen LogP contribution >= 0.6 is 0 Å². The second-order valence-corrected chi connectivity index (χ2v) is 7.04. The smallest absolute Gasteiger partial charge is 0.229 e. The number of rotatable bonds is 4. The van der Waals surface area contributed by atoms with Gasteiger partial charge in [0.2, 0.25) is 5.89 Å². The standard InChI is InChI=1S/C23H19N5O2/c1-13-21(16-10-20(24)26-11-17(16)22(25)27-13)23-28-18-9-15(7-8-19(18)30-23)29-12-14-5-3-2-4-6-14/h2-11H,12H2,1H3,(H2,24,26)(H2,25,27). The summed E-state index contributed by atoms with van der Waals surface area (Å²) < 4.78 is 11.9. The number of anilines is 2. The highest BCUT2D eigenvalue weighted by Crippen LogP contribution is 2.35. The van der Waals surface area contributed by atoms with Crippen LogP contribution in [0.2, 0.25) is 0 Å². The molecule has 7 nitrogen and oxygen atoms in total. The zero-order valence-corrected chi connectivity index (χ0v) is 16.3. The molecule has 0 unspecified atom stereocenters. The molecule has 0 saturated heterocycles. The summed E-state index contributed by atoms with van der Waals surface area (Å²) in [6.45, 7) is 2.35. The molecule has 3 heterocycles. The first kappa shape index (κ1) is 17.9. The Kier molecular flexibility index (Phi) is 4.21. The number of ether oxygens (including phenoxy) is 1. The maximum atomic E-state index is 6.07. The quantitative estimate of drug-likeness (QED) is 0.459. The molecule has 4 N–H and O–H groups in total. The Labute approximate surface area is 172 Å². The van der Waals surface area contributed by atoms with Crippen molar-refractivity contribution in [2.75, 3.05) is 11.5 Å². The number of nitrogens with zero attached hydrogens (tertiary/aromatic N) is 3. The molecule has 0 aliphatic carbocycles. The van der Waals surface area contributed by atoms with Crippen LogP contribution in [0.15, 0.2) is 65.2 Å². The number of oxazole rings is 1. The molecular formula is C23H19N5O2. The van der Waals surface area contributed by atoms with Crippen LogP contribution in [-0.4, -0.2) is 15.0 Å².